The Labute approximate surface area is 179 Å². The van der Waals surface area contributed by atoms with E-state index in [0.29, 0.717) is 21.2 Å². The number of rotatable bonds is 5. The Balaban J connectivity index is 2.05. The lowest BCUT2D eigenvalue weighted by Crippen LogP contribution is -2.16. The molecule has 0 aliphatic heterocycles. The summed E-state index contributed by atoms with van der Waals surface area (Å²) in [5.74, 6) is -0.761. The highest BCUT2D eigenvalue weighted by Crippen LogP contribution is 2.40. The van der Waals surface area contributed by atoms with Gasteiger partial charge in [0.15, 0.2) is 0 Å². The topological polar surface area (TPSA) is 55.4 Å². The number of nitrogens with one attached hydrogen (secondary N) is 1. The molecular weight excluding hydrogens is 406 g/mol. The van der Waals surface area contributed by atoms with Gasteiger partial charge in [-0.2, -0.15) is 0 Å². The summed E-state index contributed by atoms with van der Waals surface area (Å²) < 4.78 is 5.48. The zero-order valence-corrected chi connectivity index (χ0v) is 18.3. The largest absolute Gasteiger partial charge is 0.459 e. The minimum absolute atomic E-state index is 0.270. The molecule has 0 bridgehead atoms. The Morgan fingerprint density at radius 2 is 1.62 bits per heavy atom. The number of carbonyl (C=O) groups excluding carboxylic acids is 2. The number of thiophene rings is 1. The second kappa shape index (κ2) is 8.80. The molecule has 0 saturated carbocycles. The number of amides is 1. The van der Waals surface area contributed by atoms with Gasteiger partial charge in [0.05, 0.1) is 6.10 Å². The van der Waals surface area contributed by atoms with Crippen molar-refractivity contribution in [1.29, 1.82) is 0 Å². The van der Waals surface area contributed by atoms with E-state index in [-0.39, 0.29) is 12.0 Å². The van der Waals surface area contributed by atoms with Crippen LogP contribution in [-0.4, -0.2) is 18.0 Å². The number of anilines is 1. The summed E-state index contributed by atoms with van der Waals surface area (Å²) in [6.07, 6.45) is -0.270. The van der Waals surface area contributed by atoms with E-state index >= 15 is 0 Å². The highest BCUT2D eigenvalue weighted by Gasteiger charge is 2.26. The third kappa shape index (κ3) is 4.86. The number of hydrogen-bond donors (Lipinski definition) is 1. The molecule has 29 heavy (non-hydrogen) atoms. The Bertz CT molecular complexity index is 1040. The number of benzene rings is 2. The predicted octanol–water partition coefficient (Wildman–Crippen LogP) is 6.50. The van der Waals surface area contributed by atoms with E-state index < -0.39 is 5.97 Å². The van der Waals surface area contributed by atoms with E-state index in [9.17, 15) is 9.59 Å². The zero-order valence-electron chi connectivity index (χ0n) is 16.7. The quantitative estimate of drug-likeness (QED) is 0.472. The first-order valence-electron chi connectivity index (χ1n) is 9.24. The first-order chi connectivity index (χ1) is 13.8. The molecule has 0 atom stereocenters. The molecule has 1 N–H and O–H groups in total. The minimum atomic E-state index is -0.452. The second-order valence-electron chi connectivity index (χ2n) is 7.02. The highest BCUT2D eigenvalue weighted by atomic mass is 35.5. The fourth-order valence-corrected chi connectivity index (χ4v) is 4.13. The molecule has 0 unspecified atom stereocenters. The SMILES string of the molecule is Cc1ccc(-c2c(C)sc(NC(=O)c3ccc(Cl)cc3)c2C(=O)OC(C)C)cc1. The first kappa shape index (κ1) is 21.1. The van der Waals surface area contributed by atoms with Gasteiger partial charge in [-0.15, -0.1) is 11.3 Å². The summed E-state index contributed by atoms with van der Waals surface area (Å²) in [6, 6.07) is 14.5. The van der Waals surface area contributed by atoms with Crippen molar-refractivity contribution < 1.29 is 14.3 Å². The third-order valence-electron chi connectivity index (χ3n) is 4.30. The third-order valence-corrected chi connectivity index (χ3v) is 5.58. The Morgan fingerprint density at radius 1 is 1.00 bits per heavy atom. The van der Waals surface area contributed by atoms with E-state index in [1.54, 1.807) is 38.1 Å². The van der Waals surface area contributed by atoms with Crippen molar-refractivity contribution in [1.82, 2.24) is 0 Å². The Morgan fingerprint density at radius 3 is 2.21 bits per heavy atom. The lowest BCUT2D eigenvalue weighted by Gasteiger charge is -2.12. The number of esters is 1. The van der Waals surface area contributed by atoms with Crippen molar-refractivity contribution in [2.45, 2.75) is 33.8 Å². The van der Waals surface area contributed by atoms with Gasteiger partial charge in [-0.3, -0.25) is 4.79 Å². The van der Waals surface area contributed by atoms with Gasteiger partial charge in [0.2, 0.25) is 0 Å². The van der Waals surface area contributed by atoms with Gasteiger partial charge in [-0.05, 0) is 57.5 Å². The van der Waals surface area contributed by atoms with Crippen LogP contribution in [0, 0.1) is 13.8 Å². The van der Waals surface area contributed by atoms with Gasteiger partial charge in [-0.25, -0.2) is 4.79 Å². The summed E-state index contributed by atoms with van der Waals surface area (Å²) in [5, 5.41) is 3.91. The molecule has 2 aromatic carbocycles. The van der Waals surface area contributed by atoms with Crippen LogP contribution >= 0.6 is 22.9 Å². The van der Waals surface area contributed by atoms with E-state index in [2.05, 4.69) is 5.32 Å². The standard InChI is InChI=1S/C23H22ClNO3S/c1-13(2)28-23(27)20-19(16-7-5-14(3)6-8-16)15(4)29-22(20)25-21(26)17-9-11-18(24)12-10-17/h5-13H,1-4H3,(H,25,26). The minimum Gasteiger partial charge on any atom is -0.459 e. The van der Waals surface area contributed by atoms with Gasteiger partial charge < -0.3 is 10.1 Å². The van der Waals surface area contributed by atoms with Crippen LogP contribution in [0.4, 0.5) is 5.00 Å². The van der Waals surface area contributed by atoms with Crippen LogP contribution in [0.25, 0.3) is 11.1 Å². The number of carbonyl (C=O) groups is 2. The fourth-order valence-electron chi connectivity index (χ4n) is 2.94. The average Bonchev–Trinajstić information content (AvgIpc) is 2.98. The molecule has 1 heterocycles. The van der Waals surface area contributed by atoms with Gasteiger partial charge in [-0.1, -0.05) is 41.4 Å². The van der Waals surface area contributed by atoms with Crippen LogP contribution in [0.15, 0.2) is 48.5 Å². The lowest BCUT2D eigenvalue weighted by molar-refractivity contribution is 0.0380. The maximum Gasteiger partial charge on any atom is 0.342 e. The number of hydrogen-bond acceptors (Lipinski definition) is 4. The number of halogens is 1. The number of aryl methyl sites for hydroxylation is 2. The Hall–Kier alpha value is -2.63. The van der Waals surface area contributed by atoms with E-state index in [4.69, 9.17) is 16.3 Å². The van der Waals surface area contributed by atoms with Crippen molar-refractivity contribution in [3.63, 3.8) is 0 Å². The summed E-state index contributed by atoms with van der Waals surface area (Å²) in [7, 11) is 0. The van der Waals surface area contributed by atoms with Crippen LogP contribution in [-0.2, 0) is 4.74 Å². The van der Waals surface area contributed by atoms with Crippen LogP contribution < -0.4 is 5.32 Å². The van der Waals surface area contributed by atoms with Gasteiger partial charge in [0, 0.05) is 21.0 Å². The van der Waals surface area contributed by atoms with E-state index in [1.807, 2.05) is 38.1 Å². The summed E-state index contributed by atoms with van der Waals surface area (Å²) in [5.41, 5.74) is 3.66. The molecule has 1 amide bonds. The monoisotopic (exact) mass is 427 g/mol. The molecule has 0 radical (unpaired) electrons. The van der Waals surface area contributed by atoms with Crippen LogP contribution in [0.2, 0.25) is 5.02 Å². The first-order valence-corrected chi connectivity index (χ1v) is 10.4. The molecule has 3 rings (SSSR count). The number of ether oxygens (including phenoxy) is 1. The molecule has 1 aromatic heterocycles. The van der Waals surface area contributed by atoms with Crippen LogP contribution in [0.5, 0.6) is 0 Å². The van der Waals surface area contributed by atoms with Gasteiger partial charge >= 0.3 is 5.97 Å². The van der Waals surface area contributed by atoms with Crippen molar-refractivity contribution in [3.05, 3.63) is 75.1 Å². The maximum absolute atomic E-state index is 12.9. The maximum atomic E-state index is 12.9. The molecular formula is C23H22ClNO3S. The lowest BCUT2D eigenvalue weighted by atomic mass is 10.0. The fraction of sp³-hybridized carbons (Fsp3) is 0.217. The molecule has 4 nitrogen and oxygen atoms in total. The predicted molar refractivity (Wildman–Crippen MR) is 119 cm³/mol. The second-order valence-corrected chi connectivity index (χ2v) is 8.68. The molecule has 0 aliphatic rings. The van der Waals surface area contributed by atoms with Crippen LogP contribution in [0.1, 0.15) is 45.0 Å². The van der Waals surface area contributed by atoms with Crippen molar-refractivity contribution >= 4 is 39.8 Å². The molecule has 0 saturated heterocycles. The molecule has 0 fully saturated rings. The van der Waals surface area contributed by atoms with Gasteiger partial charge in [0.25, 0.3) is 5.91 Å². The summed E-state index contributed by atoms with van der Waals surface area (Å²) in [4.78, 5) is 26.6. The zero-order chi connectivity index (χ0) is 21.1. The van der Waals surface area contributed by atoms with E-state index in [1.165, 1.54) is 11.3 Å². The molecule has 0 spiro atoms. The van der Waals surface area contributed by atoms with E-state index in [0.717, 1.165) is 21.6 Å². The normalized spacial score (nSPS) is 10.8. The highest BCUT2D eigenvalue weighted by molar-refractivity contribution is 7.17. The van der Waals surface area contributed by atoms with Crippen molar-refractivity contribution in [2.24, 2.45) is 0 Å². The van der Waals surface area contributed by atoms with Crippen molar-refractivity contribution in [3.8, 4) is 11.1 Å². The smallest absolute Gasteiger partial charge is 0.342 e. The summed E-state index contributed by atoms with van der Waals surface area (Å²) in [6.45, 7) is 7.54. The molecule has 0 aliphatic carbocycles. The molecule has 3 aromatic rings. The van der Waals surface area contributed by atoms with Crippen LogP contribution in [0.3, 0.4) is 0 Å². The average molecular weight is 428 g/mol. The van der Waals surface area contributed by atoms with Gasteiger partial charge in [0.1, 0.15) is 10.6 Å². The Kier molecular flexibility index (Phi) is 6.40. The molecule has 6 heteroatoms. The van der Waals surface area contributed by atoms with Crippen molar-refractivity contribution in [2.75, 3.05) is 5.32 Å². The molecule has 150 valence electrons. The summed E-state index contributed by atoms with van der Waals surface area (Å²) >= 11 is 7.27.